The molecule has 1 saturated heterocycles. The molecule has 2 atom stereocenters. The number of halogens is 1. The Morgan fingerprint density at radius 1 is 1.53 bits per heavy atom. The Morgan fingerprint density at radius 3 is 3.06 bits per heavy atom. The summed E-state index contributed by atoms with van der Waals surface area (Å²) >= 11 is 2.25. The number of amides is 1. The number of carbonyl (C=O) groups excluding carboxylic acids is 1. The molecule has 3 nitrogen and oxygen atoms in total. The molecular weight excluding hydrogens is 327 g/mol. The molecule has 0 radical (unpaired) electrons. The lowest BCUT2D eigenvalue weighted by Gasteiger charge is -2.27. The summed E-state index contributed by atoms with van der Waals surface area (Å²) in [4.78, 5) is 12.1. The Labute approximate surface area is 116 Å². The van der Waals surface area contributed by atoms with Crippen molar-refractivity contribution in [2.45, 2.75) is 25.8 Å². The molecular formula is C13H17IN2O. The highest BCUT2D eigenvalue weighted by Gasteiger charge is 2.24. The van der Waals surface area contributed by atoms with Gasteiger partial charge in [-0.15, -0.1) is 0 Å². The molecule has 0 unspecified atom stereocenters. The number of hydrogen-bond donors (Lipinski definition) is 2. The van der Waals surface area contributed by atoms with Crippen LogP contribution in [0, 0.1) is 9.49 Å². The van der Waals surface area contributed by atoms with Gasteiger partial charge in [0.1, 0.15) is 0 Å². The van der Waals surface area contributed by atoms with E-state index < -0.39 is 0 Å². The predicted molar refractivity (Wildman–Crippen MR) is 78.0 cm³/mol. The second-order valence-electron chi connectivity index (χ2n) is 4.58. The van der Waals surface area contributed by atoms with Crippen LogP contribution in [0.5, 0.6) is 0 Å². The van der Waals surface area contributed by atoms with Crippen molar-refractivity contribution < 1.29 is 4.79 Å². The molecule has 2 rings (SSSR count). The van der Waals surface area contributed by atoms with Crippen molar-refractivity contribution in [1.29, 1.82) is 0 Å². The molecule has 1 aliphatic rings. The van der Waals surface area contributed by atoms with Crippen LogP contribution >= 0.6 is 22.6 Å². The predicted octanol–water partition coefficient (Wildman–Crippen LogP) is 2.62. The Balaban J connectivity index is 1.96. The van der Waals surface area contributed by atoms with Crippen LogP contribution < -0.4 is 10.6 Å². The highest BCUT2D eigenvalue weighted by atomic mass is 127. The number of nitrogens with one attached hydrogen (secondary N) is 2. The van der Waals surface area contributed by atoms with Gasteiger partial charge >= 0.3 is 0 Å². The van der Waals surface area contributed by atoms with Gasteiger partial charge < -0.3 is 10.6 Å². The number of anilines is 1. The zero-order valence-corrected chi connectivity index (χ0v) is 12.0. The molecule has 1 aliphatic heterocycles. The molecule has 92 valence electrons. The standard InChI is InChI=1S/C13H17IN2O/c1-9-7-10(5-6-15-9)13(17)16-12-4-2-3-11(14)8-12/h2-4,8-10,15H,5-7H2,1H3,(H,16,17)/t9-,10-/m0/s1. The summed E-state index contributed by atoms with van der Waals surface area (Å²) < 4.78 is 1.14. The second kappa shape index (κ2) is 5.82. The zero-order valence-electron chi connectivity index (χ0n) is 9.87. The van der Waals surface area contributed by atoms with Crippen molar-refractivity contribution in [1.82, 2.24) is 5.32 Å². The number of piperidine rings is 1. The first kappa shape index (κ1) is 12.8. The Bertz CT molecular complexity index is 408. The van der Waals surface area contributed by atoms with Crippen molar-refractivity contribution in [3.05, 3.63) is 27.8 Å². The van der Waals surface area contributed by atoms with Gasteiger partial charge in [0.2, 0.25) is 5.91 Å². The van der Waals surface area contributed by atoms with Crippen LogP contribution in [0.2, 0.25) is 0 Å². The lowest BCUT2D eigenvalue weighted by Crippen LogP contribution is -2.40. The number of hydrogen-bond acceptors (Lipinski definition) is 2. The van der Waals surface area contributed by atoms with Gasteiger partial charge in [-0.05, 0) is 67.1 Å². The Morgan fingerprint density at radius 2 is 2.35 bits per heavy atom. The van der Waals surface area contributed by atoms with Gasteiger partial charge in [-0.25, -0.2) is 0 Å². The summed E-state index contributed by atoms with van der Waals surface area (Å²) in [6, 6.07) is 8.34. The molecule has 0 aliphatic carbocycles. The zero-order chi connectivity index (χ0) is 12.3. The first-order valence-corrected chi connectivity index (χ1v) is 7.03. The van der Waals surface area contributed by atoms with Crippen molar-refractivity contribution in [2.24, 2.45) is 5.92 Å². The molecule has 1 amide bonds. The molecule has 0 bridgehead atoms. The quantitative estimate of drug-likeness (QED) is 0.810. The lowest BCUT2D eigenvalue weighted by atomic mass is 9.92. The molecule has 0 spiro atoms. The van der Waals surface area contributed by atoms with E-state index in [1.807, 2.05) is 24.3 Å². The van der Waals surface area contributed by atoms with E-state index in [4.69, 9.17) is 0 Å². The van der Waals surface area contributed by atoms with Crippen LogP contribution in [0.4, 0.5) is 5.69 Å². The third-order valence-corrected chi connectivity index (χ3v) is 3.76. The molecule has 1 fully saturated rings. The molecule has 2 N–H and O–H groups in total. The topological polar surface area (TPSA) is 41.1 Å². The van der Waals surface area contributed by atoms with Crippen molar-refractivity contribution in [3.63, 3.8) is 0 Å². The van der Waals surface area contributed by atoms with Crippen LogP contribution in [0.1, 0.15) is 19.8 Å². The molecule has 1 aromatic rings. The smallest absolute Gasteiger partial charge is 0.227 e. The number of rotatable bonds is 2. The largest absolute Gasteiger partial charge is 0.326 e. The van der Waals surface area contributed by atoms with E-state index in [0.717, 1.165) is 28.6 Å². The summed E-state index contributed by atoms with van der Waals surface area (Å²) in [7, 11) is 0. The summed E-state index contributed by atoms with van der Waals surface area (Å²) in [5.74, 6) is 0.296. The summed E-state index contributed by atoms with van der Waals surface area (Å²) in [6.07, 6.45) is 1.86. The van der Waals surface area contributed by atoms with E-state index in [0.29, 0.717) is 6.04 Å². The maximum atomic E-state index is 12.1. The van der Waals surface area contributed by atoms with Crippen LogP contribution in [0.3, 0.4) is 0 Å². The average molecular weight is 344 g/mol. The Hall–Kier alpha value is -0.620. The van der Waals surface area contributed by atoms with Crippen molar-refractivity contribution in [3.8, 4) is 0 Å². The van der Waals surface area contributed by atoms with Gasteiger partial charge in [-0.2, -0.15) is 0 Å². The van der Waals surface area contributed by atoms with Crippen LogP contribution in [0.15, 0.2) is 24.3 Å². The van der Waals surface area contributed by atoms with E-state index in [-0.39, 0.29) is 11.8 Å². The van der Waals surface area contributed by atoms with Gasteiger partial charge in [0, 0.05) is 21.2 Å². The molecule has 1 heterocycles. The lowest BCUT2D eigenvalue weighted by molar-refractivity contribution is -0.120. The highest BCUT2D eigenvalue weighted by Crippen LogP contribution is 2.19. The van der Waals surface area contributed by atoms with Gasteiger partial charge in [0.25, 0.3) is 0 Å². The molecule has 0 aromatic heterocycles. The van der Waals surface area contributed by atoms with Crippen LogP contribution in [-0.2, 0) is 4.79 Å². The summed E-state index contributed by atoms with van der Waals surface area (Å²) in [5, 5.41) is 6.36. The first-order chi connectivity index (χ1) is 8.15. The van der Waals surface area contributed by atoms with E-state index in [2.05, 4.69) is 40.1 Å². The minimum atomic E-state index is 0.143. The fourth-order valence-corrected chi connectivity index (χ4v) is 2.72. The maximum absolute atomic E-state index is 12.1. The fraction of sp³-hybridized carbons (Fsp3) is 0.462. The second-order valence-corrected chi connectivity index (χ2v) is 5.82. The number of benzene rings is 1. The normalized spacial score (nSPS) is 24.4. The SMILES string of the molecule is C[C@H]1C[C@@H](C(=O)Nc2cccc(I)c2)CCN1. The Kier molecular flexibility index (Phi) is 4.39. The monoisotopic (exact) mass is 344 g/mol. The molecule has 4 heteroatoms. The van der Waals surface area contributed by atoms with Gasteiger partial charge in [-0.3, -0.25) is 4.79 Å². The third-order valence-electron chi connectivity index (χ3n) is 3.09. The summed E-state index contributed by atoms with van der Waals surface area (Å²) in [5.41, 5.74) is 0.896. The molecule has 1 aromatic carbocycles. The minimum Gasteiger partial charge on any atom is -0.326 e. The average Bonchev–Trinajstić information content (AvgIpc) is 2.29. The first-order valence-electron chi connectivity index (χ1n) is 5.95. The van der Waals surface area contributed by atoms with Gasteiger partial charge in [0.05, 0.1) is 0 Å². The highest BCUT2D eigenvalue weighted by molar-refractivity contribution is 14.1. The maximum Gasteiger partial charge on any atom is 0.227 e. The van der Waals surface area contributed by atoms with E-state index >= 15 is 0 Å². The van der Waals surface area contributed by atoms with E-state index in [1.54, 1.807) is 0 Å². The summed E-state index contributed by atoms with van der Waals surface area (Å²) in [6.45, 7) is 3.07. The van der Waals surface area contributed by atoms with Crippen LogP contribution in [-0.4, -0.2) is 18.5 Å². The van der Waals surface area contributed by atoms with Crippen molar-refractivity contribution >= 4 is 34.2 Å². The fourth-order valence-electron chi connectivity index (χ4n) is 2.18. The van der Waals surface area contributed by atoms with Crippen molar-refractivity contribution in [2.75, 3.05) is 11.9 Å². The minimum absolute atomic E-state index is 0.143. The van der Waals surface area contributed by atoms with E-state index in [9.17, 15) is 4.79 Å². The third kappa shape index (κ3) is 3.67. The van der Waals surface area contributed by atoms with E-state index in [1.165, 1.54) is 0 Å². The molecule has 17 heavy (non-hydrogen) atoms. The van der Waals surface area contributed by atoms with Gasteiger partial charge in [-0.1, -0.05) is 6.07 Å². The van der Waals surface area contributed by atoms with Crippen LogP contribution in [0.25, 0.3) is 0 Å². The number of carbonyl (C=O) groups is 1. The molecule has 0 saturated carbocycles. The van der Waals surface area contributed by atoms with Gasteiger partial charge in [0.15, 0.2) is 0 Å².